The van der Waals surface area contributed by atoms with E-state index in [1.807, 2.05) is 60.7 Å². The molecule has 2 aromatic carbocycles. The summed E-state index contributed by atoms with van der Waals surface area (Å²) in [6.45, 7) is 1.05. The second kappa shape index (κ2) is 8.85. The van der Waals surface area contributed by atoms with Crippen LogP contribution in [0, 0.1) is 0 Å². The van der Waals surface area contributed by atoms with Crippen molar-refractivity contribution in [2.24, 2.45) is 0 Å². The standard InChI is InChI=1S/C18H21NO3/c1-21-15-19(13-12-16-8-4-2-5-9-16)18(20)22-14-17-10-6-3-7-11-17/h2-11H,12-15H2,1H3. The summed E-state index contributed by atoms with van der Waals surface area (Å²) in [5, 5.41) is 0. The van der Waals surface area contributed by atoms with Gasteiger partial charge in [0, 0.05) is 13.7 Å². The van der Waals surface area contributed by atoms with Gasteiger partial charge in [-0.3, -0.25) is 4.90 Å². The zero-order valence-electron chi connectivity index (χ0n) is 12.8. The molecule has 0 spiro atoms. The molecule has 0 aliphatic rings. The number of carbonyl (C=O) groups is 1. The van der Waals surface area contributed by atoms with Gasteiger partial charge in [-0.2, -0.15) is 0 Å². The Morgan fingerprint density at radius 3 is 2.14 bits per heavy atom. The van der Waals surface area contributed by atoms with Crippen molar-refractivity contribution in [3.05, 3.63) is 71.8 Å². The predicted octanol–water partition coefficient (Wildman–Crippen LogP) is 3.47. The third-order valence-electron chi connectivity index (χ3n) is 3.26. The van der Waals surface area contributed by atoms with E-state index in [2.05, 4.69) is 0 Å². The van der Waals surface area contributed by atoms with Crippen molar-refractivity contribution < 1.29 is 14.3 Å². The van der Waals surface area contributed by atoms with Gasteiger partial charge in [-0.1, -0.05) is 60.7 Å². The highest BCUT2D eigenvalue weighted by atomic mass is 16.6. The molecule has 0 unspecified atom stereocenters. The summed E-state index contributed by atoms with van der Waals surface area (Å²) >= 11 is 0. The van der Waals surface area contributed by atoms with Crippen LogP contribution < -0.4 is 0 Å². The van der Waals surface area contributed by atoms with Crippen LogP contribution in [0.4, 0.5) is 4.79 Å². The van der Waals surface area contributed by atoms with Crippen molar-refractivity contribution in [1.82, 2.24) is 4.90 Å². The highest BCUT2D eigenvalue weighted by molar-refractivity contribution is 5.67. The fourth-order valence-electron chi connectivity index (χ4n) is 2.08. The van der Waals surface area contributed by atoms with E-state index >= 15 is 0 Å². The maximum Gasteiger partial charge on any atom is 0.411 e. The van der Waals surface area contributed by atoms with Crippen LogP contribution in [-0.4, -0.2) is 31.4 Å². The molecule has 2 rings (SSSR count). The van der Waals surface area contributed by atoms with Gasteiger partial charge in [0.2, 0.25) is 0 Å². The maximum atomic E-state index is 12.2. The largest absolute Gasteiger partial charge is 0.444 e. The van der Waals surface area contributed by atoms with E-state index < -0.39 is 0 Å². The van der Waals surface area contributed by atoms with Crippen molar-refractivity contribution in [3.8, 4) is 0 Å². The number of hydrogen-bond donors (Lipinski definition) is 0. The molecule has 0 fully saturated rings. The SMILES string of the molecule is COCN(CCc1ccccc1)C(=O)OCc1ccccc1. The van der Waals surface area contributed by atoms with Crippen LogP contribution in [-0.2, 0) is 22.5 Å². The topological polar surface area (TPSA) is 38.8 Å². The number of methoxy groups -OCH3 is 1. The van der Waals surface area contributed by atoms with Crippen LogP contribution in [0.25, 0.3) is 0 Å². The average molecular weight is 299 g/mol. The molecule has 0 atom stereocenters. The van der Waals surface area contributed by atoms with Crippen molar-refractivity contribution in [3.63, 3.8) is 0 Å². The molecular weight excluding hydrogens is 278 g/mol. The Morgan fingerprint density at radius 1 is 0.955 bits per heavy atom. The van der Waals surface area contributed by atoms with E-state index in [0.717, 1.165) is 12.0 Å². The van der Waals surface area contributed by atoms with Gasteiger partial charge >= 0.3 is 6.09 Å². The van der Waals surface area contributed by atoms with E-state index in [4.69, 9.17) is 9.47 Å². The minimum atomic E-state index is -0.360. The lowest BCUT2D eigenvalue weighted by Gasteiger charge is -2.21. The summed E-state index contributed by atoms with van der Waals surface area (Å²) in [6, 6.07) is 19.7. The predicted molar refractivity (Wildman–Crippen MR) is 85.4 cm³/mol. The number of hydrogen-bond acceptors (Lipinski definition) is 3. The first kappa shape index (κ1) is 16.0. The molecular formula is C18H21NO3. The number of ether oxygens (including phenoxy) is 2. The molecule has 0 aliphatic heterocycles. The third kappa shape index (κ3) is 5.22. The molecule has 0 bridgehead atoms. The second-order valence-corrected chi connectivity index (χ2v) is 4.96. The van der Waals surface area contributed by atoms with Crippen LogP contribution in [0.15, 0.2) is 60.7 Å². The number of amides is 1. The van der Waals surface area contributed by atoms with Crippen molar-refractivity contribution in [2.75, 3.05) is 20.4 Å². The molecule has 22 heavy (non-hydrogen) atoms. The Kier molecular flexibility index (Phi) is 6.45. The van der Waals surface area contributed by atoms with E-state index in [9.17, 15) is 4.79 Å². The lowest BCUT2D eigenvalue weighted by molar-refractivity contribution is 0.0386. The molecule has 1 amide bonds. The number of nitrogens with zero attached hydrogens (tertiary/aromatic N) is 1. The molecule has 2 aromatic rings. The molecule has 4 heteroatoms. The molecule has 0 aliphatic carbocycles. The van der Waals surface area contributed by atoms with Gasteiger partial charge in [-0.05, 0) is 17.5 Å². The Hall–Kier alpha value is -2.33. The highest BCUT2D eigenvalue weighted by Crippen LogP contribution is 2.06. The fraction of sp³-hybridized carbons (Fsp3) is 0.278. The first-order chi connectivity index (χ1) is 10.8. The summed E-state index contributed by atoms with van der Waals surface area (Å²) in [5.74, 6) is 0. The Bertz CT molecular complexity index is 557. The van der Waals surface area contributed by atoms with Crippen LogP contribution >= 0.6 is 0 Å². The molecule has 0 saturated carbocycles. The zero-order valence-corrected chi connectivity index (χ0v) is 12.8. The lowest BCUT2D eigenvalue weighted by atomic mass is 10.1. The van der Waals surface area contributed by atoms with Crippen LogP contribution in [0.1, 0.15) is 11.1 Å². The van der Waals surface area contributed by atoms with Crippen molar-refractivity contribution in [1.29, 1.82) is 0 Å². The van der Waals surface area contributed by atoms with Crippen LogP contribution in [0.3, 0.4) is 0 Å². The molecule has 116 valence electrons. The summed E-state index contributed by atoms with van der Waals surface area (Å²) < 4.78 is 10.4. The molecule has 0 N–H and O–H groups in total. The molecule has 4 nitrogen and oxygen atoms in total. The van der Waals surface area contributed by atoms with Gasteiger partial charge in [-0.15, -0.1) is 0 Å². The Morgan fingerprint density at radius 2 is 1.55 bits per heavy atom. The fourth-order valence-corrected chi connectivity index (χ4v) is 2.08. The van der Waals surface area contributed by atoms with Gasteiger partial charge < -0.3 is 9.47 Å². The number of benzene rings is 2. The molecule has 0 saturated heterocycles. The zero-order chi connectivity index (χ0) is 15.6. The normalized spacial score (nSPS) is 10.2. The maximum absolute atomic E-state index is 12.2. The minimum absolute atomic E-state index is 0.223. The van der Waals surface area contributed by atoms with Gasteiger partial charge in [0.15, 0.2) is 0 Å². The van der Waals surface area contributed by atoms with Gasteiger partial charge in [0.1, 0.15) is 13.3 Å². The first-order valence-electron chi connectivity index (χ1n) is 7.28. The molecule has 0 heterocycles. The van der Waals surface area contributed by atoms with Crippen LogP contribution in [0.5, 0.6) is 0 Å². The van der Waals surface area contributed by atoms with Crippen molar-refractivity contribution in [2.45, 2.75) is 13.0 Å². The monoisotopic (exact) mass is 299 g/mol. The summed E-state index contributed by atoms with van der Waals surface area (Å²) in [5.41, 5.74) is 2.15. The first-order valence-corrected chi connectivity index (χ1v) is 7.28. The number of carbonyl (C=O) groups excluding carboxylic acids is 1. The summed E-state index contributed by atoms with van der Waals surface area (Å²) in [6.07, 6.45) is 0.409. The van der Waals surface area contributed by atoms with Gasteiger partial charge in [-0.25, -0.2) is 4.79 Å². The van der Waals surface area contributed by atoms with E-state index in [-0.39, 0.29) is 19.4 Å². The molecule has 0 aromatic heterocycles. The third-order valence-corrected chi connectivity index (χ3v) is 3.26. The summed E-state index contributed by atoms with van der Waals surface area (Å²) in [4.78, 5) is 13.7. The van der Waals surface area contributed by atoms with E-state index in [1.165, 1.54) is 5.56 Å². The summed E-state index contributed by atoms with van der Waals surface area (Å²) in [7, 11) is 1.57. The molecule has 0 radical (unpaired) electrons. The average Bonchev–Trinajstić information content (AvgIpc) is 2.58. The quantitative estimate of drug-likeness (QED) is 0.735. The Labute approximate surface area is 131 Å². The smallest absolute Gasteiger partial charge is 0.411 e. The lowest BCUT2D eigenvalue weighted by Crippen LogP contribution is -2.35. The Balaban J connectivity index is 1.85. The second-order valence-electron chi connectivity index (χ2n) is 4.96. The van der Waals surface area contributed by atoms with E-state index in [0.29, 0.717) is 6.54 Å². The van der Waals surface area contributed by atoms with Gasteiger partial charge in [0.25, 0.3) is 0 Å². The highest BCUT2D eigenvalue weighted by Gasteiger charge is 2.14. The van der Waals surface area contributed by atoms with Crippen molar-refractivity contribution >= 4 is 6.09 Å². The van der Waals surface area contributed by atoms with Gasteiger partial charge in [0.05, 0.1) is 0 Å². The number of rotatable bonds is 7. The minimum Gasteiger partial charge on any atom is -0.444 e. The van der Waals surface area contributed by atoms with E-state index in [1.54, 1.807) is 12.0 Å². The van der Waals surface area contributed by atoms with Crippen LogP contribution in [0.2, 0.25) is 0 Å².